The van der Waals surface area contributed by atoms with E-state index in [1.807, 2.05) is 0 Å². The number of anilines is 5. The van der Waals surface area contributed by atoms with Gasteiger partial charge >= 0.3 is 6.18 Å². The van der Waals surface area contributed by atoms with Gasteiger partial charge in [-0.15, -0.1) is 0 Å². The topological polar surface area (TPSA) is 60.1 Å². The van der Waals surface area contributed by atoms with Gasteiger partial charge in [0.25, 0.3) is 0 Å². The van der Waals surface area contributed by atoms with Gasteiger partial charge in [-0.25, -0.2) is 0 Å². The van der Waals surface area contributed by atoms with E-state index in [4.69, 9.17) is 14.2 Å². The van der Waals surface area contributed by atoms with E-state index in [-0.39, 0.29) is 5.41 Å². The molecule has 0 amide bonds. The van der Waals surface area contributed by atoms with E-state index in [1.54, 1.807) is 27.2 Å². The summed E-state index contributed by atoms with van der Waals surface area (Å²) in [5.74, 6) is 4.03. The number of halogens is 3. The van der Waals surface area contributed by atoms with Crippen LogP contribution in [0.1, 0.15) is 168 Å². The lowest BCUT2D eigenvalue weighted by atomic mass is 9.94. The third-order valence-corrected chi connectivity index (χ3v) is 29.2. The molecule has 5 aromatic rings. The van der Waals surface area contributed by atoms with E-state index in [0.717, 1.165) is 82.5 Å². The van der Waals surface area contributed by atoms with Gasteiger partial charge in [-0.3, -0.25) is 9.80 Å². The zero-order valence-electron chi connectivity index (χ0n) is 68.3. The molecule has 109 heavy (non-hydrogen) atoms. The van der Waals surface area contributed by atoms with Gasteiger partial charge in [0.05, 0.1) is 43.2 Å². The highest BCUT2D eigenvalue weighted by atomic mass is 19.4. The predicted octanol–water partition coefficient (Wildman–Crippen LogP) is 15.8. The van der Waals surface area contributed by atoms with Crippen LogP contribution in [0.25, 0.3) is 0 Å². The highest BCUT2D eigenvalue weighted by molar-refractivity contribution is 5.56. The molecule has 0 bridgehead atoms. The fourth-order valence-corrected chi connectivity index (χ4v) is 23.0. The second-order valence-electron chi connectivity index (χ2n) is 37.8. The van der Waals surface area contributed by atoms with Crippen molar-refractivity contribution in [3.8, 4) is 0 Å². The Balaban J connectivity index is 0.000000104. The largest absolute Gasteiger partial charge is 0.401 e. The molecule has 16 heteroatoms. The summed E-state index contributed by atoms with van der Waals surface area (Å²) in [7, 11) is 2.25. The molecule has 5 saturated carbocycles. The molecule has 15 aliphatic rings. The molecule has 0 radical (unpaired) electrons. The lowest BCUT2D eigenvalue weighted by molar-refractivity contribution is -0.144. The van der Waals surface area contributed by atoms with E-state index >= 15 is 0 Å². The number of benzene rings is 5. The third kappa shape index (κ3) is 16.7. The molecular weight excluding hydrogens is 1360 g/mol. The monoisotopic (exact) mass is 1500 g/mol. The second-order valence-corrected chi connectivity index (χ2v) is 37.8. The molecule has 15 fully saturated rings. The van der Waals surface area contributed by atoms with Crippen LogP contribution in [0, 0.1) is 29.6 Å². The van der Waals surface area contributed by atoms with Crippen LogP contribution in [-0.4, -0.2) is 231 Å². The summed E-state index contributed by atoms with van der Waals surface area (Å²) < 4.78 is 55.3. The molecule has 594 valence electrons. The van der Waals surface area contributed by atoms with Crippen LogP contribution in [0.15, 0.2) is 121 Å². The van der Waals surface area contributed by atoms with Crippen molar-refractivity contribution in [1.82, 2.24) is 24.5 Å². The number of alkyl halides is 3. The molecule has 10 heterocycles. The summed E-state index contributed by atoms with van der Waals surface area (Å²) in [6.45, 7) is 46.0. The quantitative estimate of drug-likeness (QED) is 0.106. The zero-order chi connectivity index (χ0) is 75.8. The molecule has 20 rings (SSSR count). The number of fused-ring (bicyclic) bond motifs is 5. The first-order chi connectivity index (χ1) is 52.4. The third-order valence-electron chi connectivity index (χ3n) is 29.2. The fraction of sp³-hybridized carbons (Fsp3) is 0.677. The van der Waals surface area contributed by atoms with Crippen molar-refractivity contribution < 1.29 is 27.4 Å². The molecule has 0 aromatic heterocycles. The minimum Gasteiger partial charge on any atom is -0.372 e. The van der Waals surface area contributed by atoms with Gasteiger partial charge in [-0.2, -0.15) is 13.2 Å². The van der Waals surface area contributed by atoms with Crippen molar-refractivity contribution in [3.05, 3.63) is 149 Å². The van der Waals surface area contributed by atoms with Crippen molar-refractivity contribution in [1.29, 1.82) is 0 Å². The Morgan fingerprint density at radius 2 is 0.606 bits per heavy atom. The number of hydrogen-bond acceptors (Lipinski definition) is 13. The summed E-state index contributed by atoms with van der Waals surface area (Å²) >= 11 is 0. The number of morpholine rings is 3. The number of nitrogens with zero attached hydrogens (tertiary/aromatic N) is 10. The first kappa shape index (κ1) is 77.5. The molecule has 0 spiro atoms. The smallest absolute Gasteiger partial charge is 0.372 e. The molecule has 5 aliphatic carbocycles. The minimum atomic E-state index is -4.09. The molecule has 10 aliphatic heterocycles. The Hall–Kier alpha value is -5.43. The van der Waals surface area contributed by atoms with Crippen LogP contribution < -0.4 is 24.5 Å². The summed E-state index contributed by atoms with van der Waals surface area (Å²) in [6, 6.07) is 47.2. The van der Waals surface area contributed by atoms with Gasteiger partial charge < -0.3 is 53.4 Å². The van der Waals surface area contributed by atoms with Gasteiger partial charge in [0.1, 0.15) is 0 Å². The maximum absolute atomic E-state index is 12.6. The second kappa shape index (κ2) is 31.4. The maximum Gasteiger partial charge on any atom is 0.401 e. The Morgan fingerprint density at radius 3 is 0.872 bits per heavy atom. The van der Waals surface area contributed by atoms with Crippen LogP contribution >= 0.6 is 0 Å². The molecule has 13 nitrogen and oxygen atoms in total. The summed E-state index contributed by atoms with van der Waals surface area (Å²) in [5.41, 5.74) is 16.2. The lowest BCUT2D eigenvalue weighted by Crippen LogP contribution is -2.45. The van der Waals surface area contributed by atoms with Gasteiger partial charge in [0.2, 0.25) is 0 Å². The molecule has 0 N–H and O–H groups in total. The van der Waals surface area contributed by atoms with E-state index in [2.05, 4.69) is 242 Å². The van der Waals surface area contributed by atoms with E-state index in [0.29, 0.717) is 83.3 Å². The lowest BCUT2D eigenvalue weighted by Gasteiger charge is -2.37. The van der Waals surface area contributed by atoms with Crippen molar-refractivity contribution in [3.63, 3.8) is 0 Å². The number of ether oxygens (including phenoxy) is 3. The summed E-state index contributed by atoms with van der Waals surface area (Å²) in [4.78, 5) is 24.3. The number of hydrogen-bond donors (Lipinski definition) is 0. The van der Waals surface area contributed by atoms with Crippen LogP contribution in [0.5, 0.6) is 0 Å². The van der Waals surface area contributed by atoms with Crippen molar-refractivity contribution in [2.45, 2.75) is 216 Å². The first-order valence-corrected chi connectivity index (χ1v) is 43.3. The minimum absolute atomic E-state index is 0.00826. The number of likely N-dealkylation sites (N-methyl/N-ethyl adjacent to an activating group) is 3. The Morgan fingerprint density at radius 1 is 0.339 bits per heavy atom. The predicted molar refractivity (Wildman–Crippen MR) is 441 cm³/mol. The van der Waals surface area contributed by atoms with Crippen LogP contribution in [0.4, 0.5) is 41.6 Å². The molecule has 5 aromatic carbocycles. The fourth-order valence-electron chi connectivity index (χ4n) is 23.0. The molecule has 10 saturated heterocycles. The van der Waals surface area contributed by atoms with Gasteiger partial charge in [0.15, 0.2) is 0 Å². The molecule has 8 unspecified atom stereocenters. The number of likely N-dealkylation sites (tertiary alicyclic amines) is 5. The van der Waals surface area contributed by atoms with Crippen LogP contribution in [0.3, 0.4) is 0 Å². The first-order valence-electron chi connectivity index (χ1n) is 43.3. The normalized spacial score (nSPS) is 35.8. The van der Waals surface area contributed by atoms with Crippen molar-refractivity contribution in [2.24, 2.45) is 29.6 Å². The average molecular weight is 1500 g/mol. The Kier molecular flexibility index (Phi) is 22.3. The standard InChI is InChI=1S/2C19H28N2O.C19H28N2.C18H23F3N2.C18H26N2O/c2*1-4-20-12-17-9-19(17,13-20)16-5-7-18(8-6-16)21-10-14(2)22-15(3)11-21;1-15(2)21-13-17-12-19(17,14-21)16-6-8-18(9-7-16)20-10-4-3-5-11-20;19-18(20,21)13-22-11-15-10-17(15,12-22)14-4-6-16(7-5-14)23-8-2-1-3-9-23;1-13-9-20(10-14(2)21-13)17-6-4-15(5-7-17)18-8-16(18)11-19(3)12-18/h2*5-8,14-15,17H,4,9-13H2,1-3H3;6-9,15,17H,3-5,10-14H2,1-2H3;4-7,15H,1-3,8-13H2;4-7,13-14,16H,8-12H2,1-3H3/t14-,15-,17+,19-;14-,15-,17-,19+;;;/m01.../s1. The van der Waals surface area contributed by atoms with E-state index in [1.165, 1.54) is 177 Å². The van der Waals surface area contributed by atoms with Crippen molar-refractivity contribution in [2.75, 3.05) is 182 Å². The Bertz CT molecular complexity index is 3710. The zero-order valence-corrected chi connectivity index (χ0v) is 68.3. The van der Waals surface area contributed by atoms with E-state index in [9.17, 15) is 13.2 Å². The SMILES string of the molecule is CC(C)N1CC2CC2(c2ccc(N3CCCCC3)cc2)C1.CC1CN(c2ccc(C34CC3CN(C)C4)cc2)CC(C)O1.CCN1C[C@H]2C[C@@]2(c2ccc(N3C[C@@H](C)O[C@H](C)C3)cc2)C1.CCN1C[C@H]2C[C@@]2(c2ccc(N3C[C@H](C)O[C@@H](C)C3)cc2)C1.FC(F)(F)CN1CC2CC2(c2ccc(N3CCCCC3)cc2)C1. The molecule has 16 atom stereocenters. The number of rotatable bonds is 14. The number of piperidine rings is 7. The molecular formula is C93H133F3N10O3. The highest BCUT2D eigenvalue weighted by Gasteiger charge is 2.64. The van der Waals surface area contributed by atoms with Crippen molar-refractivity contribution >= 4 is 28.4 Å². The van der Waals surface area contributed by atoms with Crippen LogP contribution in [0.2, 0.25) is 0 Å². The highest BCUT2D eigenvalue weighted by Crippen LogP contribution is 2.63. The van der Waals surface area contributed by atoms with E-state index < -0.39 is 12.7 Å². The van der Waals surface area contributed by atoms with Gasteiger partial charge in [-0.05, 0) is 264 Å². The summed E-state index contributed by atoms with van der Waals surface area (Å²) in [5, 5.41) is 0. The van der Waals surface area contributed by atoms with Gasteiger partial charge in [0, 0.05) is 192 Å². The summed E-state index contributed by atoms with van der Waals surface area (Å²) in [6.07, 6.45) is 12.4. The average Bonchev–Trinajstić information content (AvgIpc) is 1.57. The van der Waals surface area contributed by atoms with Gasteiger partial charge in [-0.1, -0.05) is 74.5 Å². The Labute approximate surface area is 653 Å². The van der Waals surface area contributed by atoms with Crippen LogP contribution in [-0.2, 0) is 41.3 Å². The maximum atomic E-state index is 12.6.